The summed E-state index contributed by atoms with van der Waals surface area (Å²) in [5.41, 5.74) is 0.758. The van der Waals surface area contributed by atoms with Crippen LogP contribution in [-0.2, 0) is 4.79 Å². The molecule has 1 aromatic rings. The van der Waals surface area contributed by atoms with Gasteiger partial charge in [0.15, 0.2) is 0 Å². The van der Waals surface area contributed by atoms with E-state index in [0.29, 0.717) is 23.7 Å². The third kappa shape index (κ3) is 3.99. The lowest BCUT2D eigenvalue weighted by molar-refractivity contribution is -0.116. The predicted molar refractivity (Wildman–Crippen MR) is 60.0 cm³/mol. The van der Waals surface area contributed by atoms with Gasteiger partial charge in [-0.1, -0.05) is 11.6 Å². The maximum Gasteiger partial charge on any atom is 0.224 e. The lowest BCUT2D eigenvalue weighted by Gasteiger charge is -2.03. The van der Waals surface area contributed by atoms with Crippen LogP contribution in [0.15, 0.2) is 24.3 Å². The Kier molecular flexibility index (Phi) is 4.77. The van der Waals surface area contributed by atoms with Crippen molar-refractivity contribution in [3.05, 3.63) is 29.3 Å². The van der Waals surface area contributed by atoms with Crippen molar-refractivity contribution < 1.29 is 4.79 Å². The number of anilines is 1. The van der Waals surface area contributed by atoms with E-state index < -0.39 is 0 Å². The van der Waals surface area contributed by atoms with Gasteiger partial charge in [-0.15, -0.1) is 11.6 Å². The Morgan fingerprint density at radius 3 is 2.50 bits per heavy atom. The molecule has 0 aliphatic carbocycles. The number of hydrogen-bond acceptors (Lipinski definition) is 1. The Bertz CT molecular complexity index is 297. The number of carbonyl (C=O) groups is 1. The van der Waals surface area contributed by atoms with Crippen molar-refractivity contribution in [2.24, 2.45) is 0 Å². The normalized spacial score (nSPS) is 9.86. The van der Waals surface area contributed by atoms with E-state index in [1.54, 1.807) is 24.3 Å². The Labute approximate surface area is 93.2 Å². The second-order valence-corrected chi connectivity index (χ2v) is 3.66. The van der Waals surface area contributed by atoms with Crippen LogP contribution >= 0.6 is 23.2 Å². The summed E-state index contributed by atoms with van der Waals surface area (Å²) >= 11 is 11.2. The van der Waals surface area contributed by atoms with Gasteiger partial charge in [0.2, 0.25) is 5.91 Å². The third-order valence-electron chi connectivity index (χ3n) is 1.67. The van der Waals surface area contributed by atoms with E-state index in [0.717, 1.165) is 5.69 Å². The largest absolute Gasteiger partial charge is 0.326 e. The van der Waals surface area contributed by atoms with Gasteiger partial charge in [0.25, 0.3) is 0 Å². The summed E-state index contributed by atoms with van der Waals surface area (Å²) in [5, 5.41) is 3.40. The van der Waals surface area contributed by atoms with Crippen LogP contribution in [0.4, 0.5) is 5.69 Å². The zero-order chi connectivity index (χ0) is 10.4. The minimum atomic E-state index is -0.0204. The predicted octanol–water partition coefficient (Wildman–Crippen LogP) is 3.30. The SMILES string of the molecule is O=C(CCCCl)Nc1ccc(Cl)cc1. The number of nitrogens with one attached hydrogen (secondary N) is 1. The first-order valence-corrected chi connectivity index (χ1v) is 5.25. The smallest absolute Gasteiger partial charge is 0.224 e. The molecule has 76 valence electrons. The van der Waals surface area contributed by atoms with Crippen LogP contribution in [0.3, 0.4) is 0 Å². The second kappa shape index (κ2) is 5.89. The lowest BCUT2D eigenvalue weighted by atomic mass is 10.3. The summed E-state index contributed by atoms with van der Waals surface area (Å²) in [5.74, 6) is 0.488. The fourth-order valence-electron chi connectivity index (χ4n) is 0.984. The van der Waals surface area contributed by atoms with E-state index in [1.165, 1.54) is 0 Å². The molecule has 0 radical (unpaired) electrons. The van der Waals surface area contributed by atoms with E-state index in [-0.39, 0.29) is 5.91 Å². The molecule has 14 heavy (non-hydrogen) atoms. The molecule has 0 aliphatic rings. The van der Waals surface area contributed by atoms with E-state index >= 15 is 0 Å². The first kappa shape index (κ1) is 11.3. The summed E-state index contributed by atoms with van der Waals surface area (Å²) in [7, 11) is 0. The number of hydrogen-bond donors (Lipinski definition) is 1. The molecule has 0 aromatic heterocycles. The van der Waals surface area contributed by atoms with Gasteiger partial charge >= 0.3 is 0 Å². The topological polar surface area (TPSA) is 29.1 Å². The first-order valence-electron chi connectivity index (χ1n) is 4.34. The maximum atomic E-state index is 11.3. The summed E-state index contributed by atoms with van der Waals surface area (Å²) in [6.07, 6.45) is 1.15. The quantitative estimate of drug-likeness (QED) is 0.793. The molecule has 4 heteroatoms. The molecule has 0 heterocycles. The van der Waals surface area contributed by atoms with E-state index in [1.807, 2.05) is 0 Å². The Morgan fingerprint density at radius 1 is 1.29 bits per heavy atom. The molecule has 0 aliphatic heterocycles. The van der Waals surface area contributed by atoms with Gasteiger partial charge in [0.05, 0.1) is 0 Å². The highest BCUT2D eigenvalue weighted by Gasteiger charge is 2.00. The van der Waals surface area contributed by atoms with Gasteiger partial charge in [-0.2, -0.15) is 0 Å². The van der Waals surface area contributed by atoms with E-state index in [9.17, 15) is 4.79 Å². The monoisotopic (exact) mass is 231 g/mol. The molecule has 1 N–H and O–H groups in total. The van der Waals surface area contributed by atoms with Crippen molar-refractivity contribution in [3.8, 4) is 0 Å². The number of alkyl halides is 1. The fraction of sp³-hybridized carbons (Fsp3) is 0.300. The average Bonchev–Trinajstić information content (AvgIpc) is 2.18. The maximum absolute atomic E-state index is 11.3. The van der Waals surface area contributed by atoms with Gasteiger partial charge in [0.1, 0.15) is 0 Å². The Hall–Kier alpha value is -0.730. The highest BCUT2D eigenvalue weighted by Crippen LogP contribution is 2.13. The zero-order valence-corrected chi connectivity index (χ0v) is 9.11. The van der Waals surface area contributed by atoms with Crippen molar-refractivity contribution in [2.75, 3.05) is 11.2 Å². The van der Waals surface area contributed by atoms with Gasteiger partial charge < -0.3 is 5.32 Å². The summed E-state index contributed by atoms with van der Waals surface area (Å²) < 4.78 is 0. The van der Waals surface area contributed by atoms with Gasteiger partial charge in [-0.05, 0) is 30.7 Å². The molecule has 0 saturated carbocycles. The summed E-state index contributed by atoms with van der Waals surface area (Å²) in [6, 6.07) is 7.00. The molecule has 0 unspecified atom stereocenters. The number of halogens is 2. The molecule has 0 atom stereocenters. The molecular formula is C10H11Cl2NO. The molecule has 1 amide bonds. The molecule has 0 bridgehead atoms. The Balaban J connectivity index is 2.44. The van der Waals surface area contributed by atoms with Crippen LogP contribution in [0.1, 0.15) is 12.8 Å². The number of carbonyl (C=O) groups excluding carboxylic acids is 1. The zero-order valence-electron chi connectivity index (χ0n) is 7.59. The lowest BCUT2D eigenvalue weighted by Crippen LogP contribution is -2.10. The van der Waals surface area contributed by atoms with Gasteiger partial charge in [0, 0.05) is 23.0 Å². The van der Waals surface area contributed by atoms with Crippen molar-refractivity contribution in [1.82, 2.24) is 0 Å². The van der Waals surface area contributed by atoms with Crippen LogP contribution in [0, 0.1) is 0 Å². The minimum absolute atomic E-state index is 0.0204. The highest BCUT2D eigenvalue weighted by atomic mass is 35.5. The first-order chi connectivity index (χ1) is 6.72. The molecule has 0 spiro atoms. The average molecular weight is 232 g/mol. The summed E-state index contributed by atoms with van der Waals surface area (Å²) in [4.78, 5) is 11.3. The third-order valence-corrected chi connectivity index (χ3v) is 2.18. The second-order valence-electron chi connectivity index (χ2n) is 2.85. The fourth-order valence-corrected chi connectivity index (χ4v) is 1.24. The summed E-state index contributed by atoms with van der Waals surface area (Å²) in [6.45, 7) is 0. The molecule has 0 fully saturated rings. The molecule has 1 aromatic carbocycles. The van der Waals surface area contributed by atoms with Gasteiger partial charge in [-0.25, -0.2) is 0 Å². The van der Waals surface area contributed by atoms with Crippen LogP contribution < -0.4 is 5.32 Å². The van der Waals surface area contributed by atoms with Crippen molar-refractivity contribution in [1.29, 1.82) is 0 Å². The molecular weight excluding hydrogens is 221 g/mol. The number of rotatable bonds is 4. The van der Waals surface area contributed by atoms with Gasteiger partial charge in [-0.3, -0.25) is 4.79 Å². The number of amides is 1. The van der Waals surface area contributed by atoms with E-state index in [4.69, 9.17) is 23.2 Å². The number of benzene rings is 1. The van der Waals surface area contributed by atoms with E-state index in [2.05, 4.69) is 5.32 Å². The molecule has 2 nitrogen and oxygen atoms in total. The molecule has 1 rings (SSSR count). The van der Waals surface area contributed by atoms with Crippen LogP contribution in [0.25, 0.3) is 0 Å². The van der Waals surface area contributed by atoms with Crippen molar-refractivity contribution in [2.45, 2.75) is 12.8 Å². The highest BCUT2D eigenvalue weighted by molar-refractivity contribution is 6.30. The van der Waals surface area contributed by atoms with Crippen LogP contribution in [-0.4, -0.2) is 11.8 Å². The molecule has 0 saturated heterocycles. The van der Waals surface area contributed by atoms with Crippen molar-refractivity contribution >= 4 is 34.8 Å². The Morgan fingerprint density at radius 2 is 1.93 bits per heavy atom. The minimum Gasteiger partial charge on any atom is -0.326 e. The standard InChI is InChI=1S/C10H11Cl2NO/c11-7-1-2-10(14)13-9-5-3-8(12)4-6-9/h3-6H,1-2,7H2,(H,13,14). The van der Waals surface area contributed by atoms with Crippen LogP contribution in [0.5, 0.6) is 0 Å². The van der Waals surface area contributed by atoms with Crippen molar-refractivity contribution in [3.63, 3.8) is 0 Å². The van der Waals surface area contributed by atoms with Crippen LogP contribution in [0.2, 0.25) is 5.02 Å².